The van der Waals surface area contributed by atoms with Crippen molar-refractivity contribution in [3.8, 4) is 23.7 Å². The van der Waals surface area contributed by atoms with E-state index in [1.165, 1.54) is 12.4 Å². The summed E-state index contributed by atoms with van der Waals surface area (Å²) in [5.41, 5.74) is 7.22. The van der Waals surface area contributed by atoms with Crippen molar-refractivity contribution in [2.45, 2.75) is 38.5 Å². The van der Waals surface area contributed by atoms with Gasteiger partial charge in [-0.2, -0.15) is 0 Å². The van der Waals surface area contributed by atoms with E-state index >= 15 is 0 Å². The maximum Gasteiger partial charge on any atom is 0.267 e. The van der Waals surface area contributed by atoms with Gasteiger partial charge in [-0.15, -0.1) is 0 Å². The minimum Gasteiger partial charge on any atom is -0.381 e. The molecule has 1 aromatic rings. The molecule has 1 aromatic carbocycles. The van der Waals surface area contributed by atoms with Crippen LogP contribution in [0.4, 0.5) is 0 Å². The Hall–Kier alpha value is -2.84. The fourth-order valence-corrected chi connectivity index (χ4v) is 1.82. The average molecular weight is 343 g/mol. The minimum atomic E-state index is -1.11. The molecule has 0 aliphatic rings. The van der Waals surface area contributed by atoms with Crippen LogP contribution < -0.4 is 16.5 Å². The Bertz CT molecular complexity index is 741. The van der Waals surface area contributed by atoms with E-state index < -0.39 is 29.5 Å². The zero-order valence-corrected chi connectivity index (χ0v) is 14.3. The van der Waals surface area contributed by atoms with Gasteiger partial charge in [-0.3, -0.25) is 14.8 Å². The van der Waals surface area contributed by atoms with Crippen molar-refractivity contribution in [1.82, 2.24) is 10.8 Å². The number of hydroxylamine groups is 1. The number of amides is 2. The van der Waals surface area contributed by atoms with Crippen LogP contribution in [-0.2, 0) is 4.79 Å². The molecule has 0 radical (unpaired) electrons. The Kier molecular flexibility index (Phi) is 7.16. The lowest BCUT2D eigenvalue weighted by atomic mass is 9.95. The van der Waals surface area contributed by atoms with E-state index in [-0.39, 0.29) is 0 Å². The number of aliphatic hydroxyl groups is 1. The summed E-state index contributed by atoms with van der Waals surface area (Å²) in [7, 11) is 0. The monoisotopic (exact) mass is 343 g/mol. The highest BCUT2D eigenvalue weighted by Gasteiger charge is 2.33. The summed E-state index contributed by atoms with van der Waals surface area (Å²) in [5.74, 6) is 9.05. The first-order valence-electron chi connectivity index (χ1n) is 7.48. The highest BCUT2D eigenvalue weighted by atomic mass is 16.5. The lowest BCUT2D eigenvalue weighted by Gasteiger charge is -2.29. The van der Waals surface area contributed by atoms with E-state index in [9.17, 15) is 9.59 Å². The maximum absolute atomic E-state index is 12.3. The quantitative estimate of drug-likeness (QED) is 0.293. The summed E-state index contributed by atoms with van der Waals surface area (Å²) in [5, 5.41) is 20.3. The van der Waals surface area contributed by atoms with Gasteiger partial charge in [-0.05, 0) is 56.9 Å². The Morgan fingerprint density at radius 2 is 1.80 bits per heavy atom. The first-order valence-corrected chi connectivity index (χ1v) is 7.48. The normalized spacial score (nSPS) is 12.6. The van der Waals surface area contributed by atoms with Crippen LogP contribution in [-0.4, -0.2) is 39.8 Å². The summed E-state index contributed by atoms with van der Waals surface area (Å²) in [6.07, 6.45) is -0.740. The van der Waals surface area contributed by atoms with Gasteiger partial charge in [-0.1, -0.05) is 11.8 Å². The molecule has 2 atom stereocenters. The molecule has 6 N–H and O–H groups in total. The van der Waals surface area contributed by atoms with Crippen molar-refractivity contribution < 1.29 is 19.9 Å². The van der Waals surface area contributed by atoms with Gasteiger partial charge in [0, 0.05) is 16.7 Å². The molecule has 7 nitrogen and oxygen atoms in total. The van der Waals surface area contributed by atoms with Crippen LogP contribution in [0.5, 0.6) is 0 Å². The van der Waals surface area contributed by atoms with E-state index in [1.807, 2.05) is 0 Å². The highest BCUT2D eigenvalue weighted by Crippen LogP contribution is 2.08. The number of hydrogen-bond acceptors (Lipinski definition) is 5. The first-order chi connectivity index (χ1) is 11.6. The minimum absolute atomic E-state index is 0.306. The zero-order valence-electron chi connectivity index (χ0n) is 14.3. The number of carbonyl (C=O) groups excluding carboxylic acids is 2. The summed E-state index contributed by atoms with van der Waals surface area (Å²) in [6, 6.07) is 5.22. The van der Waals surface area contributed by atoms with Crippen LogP contribution in [0.15, 0.2) is 24.3 Å². The molecule has 2 amide bonds. The van der Waals surface area contributed by atoms with Gasteiger partial charge >= 0.3 is 0 Å². The third-order valence-electron chi connectivity index (χ3n) is 3.09. The molecule has 25 heavy (non-hydrogen) atoms. The average Bonchev–Trinajstić information content (AvgIpc) is 2.55. The zero-order chi connectivity index (χ0) is 19.0. The number of hydrogen-bond donors (Lipinski definition) is 5. The molecule has 7 heteroatoms. The molecule has 0 bridgehead atoms. The number of carbonyl (C=O) groups is 2. The predicted molar refractivity (Wildman–Crippen MR) is 92.2 cm³/mol. The number of nitrogens with two attached hydrogens (primary N) is 1. The maximum atomic E-state index is 12.3. The predicted octanol–water partition coefficient (Wildman–Crippen LogP) is -0.237. The van der Waals surface area contributed by atoms with Crippen LogP contribution in [0.25, 0.3) is 0 Å². The van der Waals surface area contributed by atoms with Crippen LogP contribution in [0.1, 0.15) is 36.7 Å². The van der Waals surface area contributed by atoms with E-state index in [4.69, 9.17) is 16.0 Å². The van der Waals surface area contributed by atoms with Crippen molar-refractivity contribution in [2.24, 2.45) is 5.73 Å². The lowest BCUT2D eigenvalue weighted by Crippen LogP contribution is -2.61. The Morgan fingerprint density at radius 1 is 1.20 bits per heavy atom. The van der Waals surface area contributed by atoms with Gasteiger partial charge in [-0.25, -0.2) is 5.48 Å². The van der Waals surface area contributed by atoms with Crippen molar-refractivity contribution in [2.75, 3.05) is 0 Å². The van der Waals surface area contributed by atoms with Crippen molar-refractivity contribution in [3.05, 3.63) is 35.4 Å². The largest absolute Gasteiger partial charge is 0.381 e. The molecule has 0 saturated carbocycles. The molecule has 0 fully saturated rings. The first kappa shape index (κ1) is 20.2. The Morgan fingerprint density at radius 3 is 2.28 bits per heavy atom. The standard InChI is InChI=1S/C18H21N3O4/c1-12(22)6-4-5-7-13-8-10-14(11-9-13)16(23)20-15(17(24)21-25)18(2,3)19/h8-12,15,22,25H,19H2,1-3H3,(H,20,23)(H,21,24)/t12-,15+/m0/s1. The van der Waals surface area contributed by atoms with Gasteiger partial charge in [0.15, 0.2) is 0 Å². The molecule has 0 aliphatic carbocycles. The lowest BCUT2D eigenvalue weighted by molar-refractivity contribution is -0.132. The molecule has 0 aliphatic heterocycles. The summed E-state index contributed by atoms with van der Waals surface area (Å²) < 4.78 is 0. The van der Waals surface area contributed by atoms with Crippen LogP contribution in [0, 0.1) is 23.7 Å². The summed E-state index contributed by atoms with van der Waals surface area (Å²) in [6.45, 7) is 4.65. The Labute approximate surface area is 146 Å². The molecule has 0 spiro atoms. The van der Waals surface area contributed by atoms with Gasteiger partial charge < -0.3 is 16.2 Å². The molecular weight excluding hydrogens is 322 g/mol. The third kappa shape index (κ3) is 6.66. The van der Waals surface area contributed by atoms with Crippen LogP contribution in [0.2, 0.25) is 0 Å². The van der Waals surface area contributed by atoms with Crippen LogP contribution >= 0.6 is 0 Å². The van der Waals surface area contributed by atoms with E-state index in [0.29, 0.717) is 11.1 Å². The van der Waals surface area contributed by atoms with Gasteiger partial charge in [0.1, 0.15) is 12.1 Å². The highest BCUT2D eigenvalue weighted by molar-refractivity contribution is 5.97. The second-order valence-corrected chi connectivity index (χ2v) is 5.98. The molecule has 0 unspecified atom stereocenters. The number of benzene rings is 1. The van der Waals surface area contributed by atoms with Gasteiger partial charge in [0.2, 0.25) is 0 Å². The molecule has 0 aromatic heterocycles. The SMILES string of the molecule is C[C@H](O)C#CC#Cc1ccc(C(=O)N[C@H](C(=O)NO)C(C)(C)N)cc1. The Balaban J connectivity index is 2.86. The van der Waals surface area contributed by atoms with E-state index in [2.05, 4.69) is 29.0 Å². The topological polar surface area (TPSA) is 125 Å². The molecule has 1 rings (SSSR count). The number of aliphatic hydroxyl groups excluding tert-OH is 1. The van der Waals surface area contributed by atoms with Crippen molar-refractivity contribution in [3.63, 3.8) is 0 Å². The molecule has 0 heterocycles. The van der Waals surface area contributed by atoms with Crippen molar-refractivity contribution in [1.29, 1.82) is 0 Å². The number of nitrogens with one attached hydrogen (secondary N) is 2. The second kappa shape index (κ2) is 8.86. The second-order valence-electron chi connectivity index (χ2n) is 5.98. The fraction of sp³-hybridized carbons (Fsp3) is 0.333. The van der Waals surface area contributed by atoms with Gasteiger partial charge in [0.05, 0.1) is 0 Å². The van der Waals surface area contributed by atoms with Crippen LogP contribution in [0.3, 0.4) is 0 Å². The number of rotatable bonds is 4. The summed E-state index contributed by atoms with van der Waals surface area (Å²) in [4.78, 5) is 23.9. The third-order valence-corrected chi connectivity index (χ3v) is 3.09. The smallest absolute Gasteiger partial charge is 0.267 e. The molecule has 132 valence electrons. The molecule has 0 saturated heterocycles. The van der Waals surface area contributed by atoms with Gasteiger partial charge in [0.25, 0.3) is 11.8 Å². The van der Waals surface area contributed by atoms with E-state index in [1.54, 1.807) is 38.1 Å². The van der Waals surface area contributed by atoms with Crippen molar-refractivity contribution >= 4 is 11.8 Å². The molecular formula is C18H21N3O4. The fourth-order valence-electron chi connectivity index (χ4n) is 1.82. The summed E-state index contributed by atoms with van der Waals surface area (Å²) >= 11 is 0. The van der Waals surface area contributed by atoms with E-state index in [0.717, 1.165) is 0 Å².